The summed E-state index contributed by atoms with van der Waals surface area (Å²) in [7, 11) is 0. The molecule has 1 aromatic carbocycles. The number of amides is 1. The fourth-order valence-corrected chi connectivity index (χ4v) is 1.98. The highest BCUT2D eigenvalue weighted by Crippen LogP contribution is 2.18. The van der Waals surface area contributed by atoms with Crippen LogP contribution in [0.2, 0.25) is 5.02 Å². The van der Waals surface area contributed by atoms with Crippen LogP contribution in [-0.4, -0.2) is 36.5 Å². The van der Waals surface area contributed by atoms with E-state index in [0.717, 1.165) is 6.07 Å². The molecule has 94 valence electrons. The first kappa shape index (κ1) is 12.8. The van der Waals surface area contributed by atoms with Gasteiger partial charge in [0.05, 0.1) is 11.1 Å². The second kappa shape index (κ2) is 5.34. The van der Waals surface area contributed by atoms with Crippen LogP contribution in [0.4, 0.5) is 4.39 Å². The average Bonchev–Trinajstić information content (AvgIpc) is 2.41. The fourth-order valence-electron chi connectivity index (χ4n) is 1.86. The third-order valence-corrected chi connectivity index (χ3v) is 3.13. The lowest BCUT2D eigenvalue weighted by atomic mass is 10.1. The molecule has 1 fully saturated rings. The zero-order valence-electron chi connectivity index (χ0n) is 9.49. The molecule has 1 aliphatic rings. The number of nitriles is 1. The Morgan fingerprint density at radius 3 is 3.06 bits per heavy atom. The van der Waals surface area contributed by atoms with Crippen molar-refractivity contribution in [1.82, 2.24) is 10.2 Å². The summed E-state index contributed by atoms with van der Waals surface area (Å²) in [5, 5.41) is 12.0. The molecule has 0 aromatic heterocycles. The Bertz CT molecular complexity index is 515. The average molecular weight is 268 g/mol. The van der Waals surface area contributed by atoms with E-state index in [4.69, 9.17) is 16.9 Å². The molecule has 2 rings (SSSR count). The maximum atomic E-state index is 13.3. The molecule has 1 aliphatic heterocycles. The van der Waals surface area contributed by atoms with Crippen LogP contribution >= 0.6 is 11.6 Å². The van der Waals surface area contributed by atoms with Gasteiger partial charge in [-0.1, -0.05) is 11.6 Å². The molecule has 4 nitrogen and oxygen atoms in total. The minimum absolute atomic E-state index is 0.0244. The Kier molecular flexibility index (Phi) is 3.80. The van der Waals surface area contributed by atoms with Crippen molar-refractivity contribution in [2.75, 3.05) is 19.6 Å². The van der Waals surface area contributed by atoms with Gasteiger partial charge in [0.2, 0.25) is 0 Å². The quantitative estimate of drug-likeness (QED) is 0.837. The van der Waals surface area contributed by atoms with Crippen LogP contribution in [0.15, 0.2) is 18.2 Å². The lowest BCUT2D eigenvalue weighted by Gasteiger charge is -2.32. The molecule has 1 saturated heterocycles. The van der Waals surface area contributed by atoms with Crippen molar-refractivity contribution in [2.24, 2.45) is 0 Å². The molecule has 18 heavy (non-hydrogen) atoms. The molecule has 0 aliphatic carbocycles. The first-order valence-corrected chi connectivity index (χ1v) is 5.87. The van der Waals surface area contributed by atoms with Gasteiger partial charge in [-0.05, 0) is 18.2 Å². The summed E-state index contributed by atoms with van der Waals surface area (Å²) < 4.78 is 13.3. The second-order valence-electron chi connectivity index (χ2n) is 3.98. The molecule has 1 unspecified atom stereocenters. The first-order chi connectivity index (χ1) is 8.63. The number of piperazine rings is 1. The molecule has 1 N–H and O–H groups in total. The van der Waals surface area contributed by atoms with Gasteiger partial charge in [0, 0.05) is 25.2 Å². The van der Waals surface area contributed by atoms with Gasteiger partial charge in [-0.15, -0.1) is 0 Å². The number of carbonyl (C=O) groups is 1. The normalized spacial score (nSPS) is 19.4. The lowest BCUT2D eigenvalue weighted by Crippen LogP contribution is -2.53. The highest BCUT2D eigenvalue weighted by molar-refractivity contribution is 6.30. The van der Waals surface area contributed by atoms with E-state index in [9.17, 15) is 9.18 Å². The maximum absolute atomic E-state index is 13.3. The molecule has 0 bridgehead atoms. The van der Waals surface area contributed by atoms with Gasteiger partial charge in [0.1, 0.15) is 11.9 Å². The molecular weight excluding hydrogens is 257 g/mol. The summed E-state index contributed by atoms with van der Waals surface area (Å²) in [6.45, 7) is 1.49. The Morgan fingerprint density at radius 2 is 2.39 bits per heavy atom. The maximum Gasteiger partial charge on any atom is 0.255 e. The van der Waals surface area contributed by atoms with Crippen molar-refractivity contribution >= 4 is 17.5 Å². The molecule has 1 aromatic rings. The number of halogens is 2. The number of nitrogens with zero attached hydrogens (tertiary/aromatic N) is 2. The Balaban J connectivity index is 2.24. The van der Waals surface area contributed by atoms with Gasteiger partial charge in [-0.2, -0.15) is 5.26 Å². The third kappa shape index (κ3) is 2.45. The number of hydrogen-bond acceptors (Lipinski definition) is 3. The molecule has 0 radical (unpaired) electrons. The summed E-state index contributed by atoms with van der Waals surface area (Å²) in [6, 6.07) is 5.43. The van der Waals surface area contributed by atoms with Gasteiger partial charge < -0.3 is 10.2 Å². The van der Waals surface area contributed by atoms with Gasteiger partial charge in [-0.25, -0.2) is 4.39 Å². The van der Waals surface area contributed by atoms with Gasteiger partial charge in [0.15, 0.2) is 0 Å². The van der Waals surface area contributed by atoms with Crippen molar-refractivity contribution in [3.63, 3.8) is 0 Å². The Labute approximate surface area is 109 Å². The van der Waals surface area contributed by atoms with Crippen molar-refractivity contribution in [3.05, 3.63) is 34.6 Å². The standard InChI is InChI=1S/C12H11ClFN3O/c13-10-2-1-8(5-11(10)14)12(18)17-4-3-16-7-9(17)6-15/h1-2,5,9,16H,3-4,7H2. The molecule has 0 saturated carbocycles. The highest BCUT2D eigenvalue weighted by atomic mass is 35.5. The van der Waals surface area contributed by atoms with Crippen LogP contribution in [-0.2, 0) is 0 Å². The topological polar surface area (TPSA) is 56.1 Å². The SMILES string of the molecule is N#CC1CNCCN1C(=O)c1ccc(Cl)c(F)c1. The first-order valence-electron chi connectivity index (χ1n) is 5.50. The third-order valence-electron chi connectivity index (χ3n) is 2.82. The van der Waals surface area contributed by atoms with E-state index >= 15 is 0 Å². The fraction of sp³-hybridized carbons (Fsp3) is 0.333. The number of carbonyl (C=O) groups excluding carboxylic acids is 1. The smallest absolute Gasteiger partial charge is 0.255 e. The molecule has 1 atom stereocenters. The van der Waals surface area contributed by atoms with Gasteiger partial charge >= 0.3 is 0 Å². The lowest BCUT2D eigenvalue weighted by molar-refractivity contribution is 0.0686. The molecular formula is C12H11ClFN3O. The minimum atomic E-state index is -0.633. The van der Waals surface area contributed by atoms with Crippen molar-refractivity contribution in [2.45, 2.75) is 6.04 Å². The van der Waals surface area contributed by atoms with Crippen LogP contribution in [0.25, 0.3) is 0 Å². The predicted molar refractivity (Wildman–Crippen MR) is 64.7 cm³/mol. The van der Waals surface area contributed by atoms with Crippen molar-refractivity contribution < 1.29 is 9.18 Å². The van der Waals surface area contributed by atoms with Crippen LogP contribution in [0.1, 0.15) is 10.4 Å². The predicted octanol–water partition coefficient (Wildman–Crippen LogP) is 1.42. The Morgan fingerprint density at radius 1 is 1.61 bits per heavy atom. The van der Waals surface area contributed by atoms with E-state index in [2.05, 4.69) is 11.4 Å². The molecule has 1 heterocycles. The zero-order valence-corrected chi connectivity index (χ0v) is 10.2. The highest BCUT2D eigenvalue weighted by Gasteiger charge is 2.27. The number of rotatable bonds is 1. The van der Waals surface area contributed by atoms with Crippen LogP contribution in [0.5, 0.6) is 0 Å². The largest absolute Gasteiger partial charge is 0.320 e. The second-order valence-corrected chi connectivity index (χ2v) is 4.38. The van der Waals surface area contributed by atoms with Crippen LogP contribution in [0.3, 0.4) is 0 Å². The Hall–Kier alpha value is -1.64. The van der Waals surface area contributed by atoms with Gasteiger partial charge in [0.25, 0.3) is 5.91 Å². The van der Waals surface area contributed by atoms with E-state index in [1.807, 2.05) is 0 Å². The summed E-state index contributed by atoms with van der Waals surface area (Å²) >= 11 is 5.56. The number of hydrogen-bond donors (Lipinski definition) is 1. The minimum Gasteiger partial charge on any atom is -0.320 e. The summed E-state index contributed by atoms with van der Waals surface area (Å²) in [5.41, 5.74) is 0.207. The van der Waals surface area contributed by atoms with E-state index in [0.29, 0.717) is 19.6 Å². The van der Waals surface area contributed by atoms with E-state index in [1.54, 1.807) is 0 Å². The van der Waals surface area contributed by atoms with Crippen LogP contribution < -0.4 is 5.32 Å². The summed E-state index contributed by atoms with van der Waals surface area (Å²) in [5.74, 6) is -0.982. The van der Waals surface area contributed by atoms with Crippen molar-refractivity contribution in [3.8, 4) is 6.07 Å². The molecule has 6 heteroatoms. The van der Waals surface area contributed by atoms with Crippen LogP contribution in [0, 0.1) is 17.1 Å². The molecule has 0 spiro atoms. The summed E-state index contributed by atoms with van der Waals surface area (Å²) in [4.78, 5) is 13.6. The van der Waals surface area contributed by atoms with E-state index < -0.39 is 11.9 Å². The molecule has 1 amide bonds. The van der Waals surface area contributed by atoms with E-state index in [1.165, 1.54) is 17.0 Å². The zero-order chi connectivity index (χ0) is 13.1. The van der Waals surface area contributed by atoms with Gasteiger partial charge in [-0.3, -0.25) is 4.79 Å². The number of nitrogens with one attached hydrogen (secondary N) is 1. The monoisotopic (exact) mass is 267 g/mol. The number of benzene rings is 1. The van der Waals surface area contributed by atoms with Crippen molar-refractivity contribution in [1.29, 1.82) is 5.26 Å². The van der Waals surface area contributed by atoms with E-state index in [-0.39, 0.29) is 16.5 Å². The summed E-state index contributed by atoms with van der Waals surface area (Å²) in [6.07, 6.45) is 0.